The van der Waals surface area contributed by atoms with Crippen LogP contribution in [0.3, 0.4) is 0 Å². The van der Waals surface area contributed by atoms with Gasteiger partial charge in [-0.1, -0.05) is 35.0 Å². The van der Waals surface area contributed by atoms with Crippen LogP contribution in [0.4, 0.5) is 0 Å². The molecule has 3 N–H and O–H groups in total. The fourth-order valence-electron chi connectivity index (χ4n) is 1.65. The second kappa shape index (κ2) is 8.41. The summed E-state index contributed by atoms with van der Waals surface area (Å²) in [6, 6.07) is 5.46. The number of carboxylic acids is 1. The van der Waals surface area contributed by atoms with Gasteiger partial charge in [0.1, 0.15) is 0 Å². The Balaban J connectivity index is 2.62. The molecule has 1 unspecified atom stereocenters. The van der Waals surface area contributed by atoms with E-state index in [9.17, 15) is 19.5 Å². The molecule has 0 radical (unpaired) electrons. The number of carbonyl (C=O) groups excluding carboxylic acids is 2. The summed E-state index contributed by atoms with van der Waals surface area (Å²) in [4.78, 5) is 34.2. The van der Waals surface area contributed by atoms with E-state index >= 15 is 0 Å². The summed E-state index contributed by atoms with van der Waals surface area (Å²) in [6.45, 7) is 1.62. The van der Waals surface area contributed by atoms with Gasteiger partial charge in [-0.3, -0.25) is 9.59 Å². The van der Waals surface area contributed by atoms with E-state index in [1.807, 2.05) is 6.92 Å². The van der Waals surface area contributed by atoms with E-state index in [1.165, 1.54) is 0 Å². The van der Waals surface area contributed by atoms with Gasteiger partial charge >= 0.3 is 5.97 Å². The highest BCUT2D eigenvalue weighted by atomic mass is 79.9. The lowest BCUT2D eigenvalue weighted by atomic mass is 10.1. The first-order chi connectivity index (χ1) is 9.93. The zero-order valence-electron chi connectivity index (χ0n) is 11.6. The van der Waals surface area contributed by atoms with E-state index in [2.05, 4.69) is 26.6 Å². The van der Waals surface area contributed by atoms with Gasteiger partial charge in [0.25, 0.3) is 0 Å². The predicted octanol–water partition coefficient (Wildman–Crippen LogP) is 1.61. The van der Waals surface area contributed by atoms with E-state index in [4.69, 9.17) is 0 Å². The Labute approximate surface area is 131 Å². The van der Waals surface area contributed by atoms with Crippen molar-refractivity contribution in [3.05, 3.63) is 34.3 Å². The standard InChI is InChI=1S/C14H17BrN2O4/c1-2-3-11(18)16-8-12(19)17-13(14(20)21)9-4-6-10(15)7-5-9/h4-7,13H,2-3,8H2,1H3,(H,16,18)(H,17,19)(H,20,21). The molecule has 0 aliphatic heterocycles. The monoisotopic (exact) mass is 356 g/mol. The maximum atomic E-state index is 11.7. The van der Waals surface area contributed by atoms with Crippen molar-refractivity contribution in [2.75, 3.05) is 6.54 Å². The third-order valence-electron chi connectivity index (χ3n) is 2.68. The first-order valence-electron chi connectivity index (χ1n) is 6.48. The fraction of sp³-hybridized carbons (Fsp3) is 0.357. The largest absolute Gasteiger partial charge is 0.479 e. The van der Waals surface area contributed by atoms with Crippen molar-refractivity contribution < 1.29 is 19.5 Å². The van der Waals surface area contributed by atoms with Crippen molar-refractivity contribution in [1.82, 2.24) is 10.6 Å². The zero-order valence-corrected chi connectivity index (χ0v) is 13.1. The molecular weight excluding hydrogens is 340 g/mol. The lowest BCUT2D eigenvalue weighted by Gasteiger charge is -2.15. The minimum absolute atomic E-state index is 0.233. The van der Waals surface area contributed by atoms with Gasteiger partial charge in [0.05, 0.1) is 6.54 Å². The van der Waals surface area contributed by atoms with E-state index < -0.39 is 17.9 Å². The molecule has 0 aliphatic carbocycles. The Morgan fingerprint density at radius 1 is 1.19 bits per heavy atom. The third-order valence-corrected chi connectivity index (χ3v) is 3.21. The highest BCUT2D eigenvalue weighted by molar-refractivity contribution is 9.10. The number of carboxylic acid groups (broad SMARTS) is 1. The molecule has 0 bridgehead atoms. The lowest BCUT2D eigenvalue weighted by Crippen LogP contribution is -2.40. The average molecular weight is 357 g/mol. The first kappa shape index (κ1) is 17.2. The van der Waals surface area contributed by atoms with Crippen LogP contribution < -0.4 is 10.6 Å². The van der Waals surface area contributed by atoms with Crippen LogP contribution in [-0.4, -0.2) is 29.4 Å². The van der Waals surface area contributed by atoms with Crippen molar-refractivity contribution in [2.24, 2.45) is 0 Å². The Hall–Kier alpha value is -1.89. The summed E-state index contributed by atoms with van der Waals surface area (Å²) < 4.78 is 0.813. The van der Waals surface area contributed by atoms with Gasteiger partial charge < -0.3 is 15.7 Å². The second-order valence-electron chi connectivity index (χ2n) is 4.42. The van der Waals surface area contributed by atoms with Crippen LogP contribution in [0.15, 0.2) is 28.7 Å². The Morgan fingerprint density at radius 2 is 1.81 bits per heavy atom. The molecule has 0 aliphatic rings. The van der Waals surface area contributed by atoms with E-state index in [0.717, 1.165) is 4.47 Å². The maximum Gasteiger partial charge on any atom is 0.330 e. The van der Waals surface area contributed by atoms with Gasteiger partial charge in [0.2, 0.25) is 11.8 Å². The van der Waals surface area contributed by atoms with Crippen LogP contribution in [0.25, 0.3) is 0 Å². The average Bonchev–Trinajstić information content (AvgIpc) is 2.44. The molecule has 0 spiro atoms. The summed E-state index contributed by atoms with van der Waals surface area (Å²) in [5, 5.41) is 14.0. The highest BCUT2D eigenvalue weighted by Gasteiger charge is 2.21. The predicted molar refractivity (Wildman–Crippen MR) is 80.6 cm³/mol. The molecular formula is C14H17BrN2O4. The molecule has 0 saturated heterocycles. The van der Waals surface area contributed by atoms with Gasteiger partial charge in [-0.05, 0) is 24.1 Å². The van der Waals surface area contributed by atoms with Crippen LogP contribution in [0.5, 0.6) is 0 Å². The van der Waals surface area contributed by atoms with Crippen molar-refractivity contribution >= 4 is 33.7 Å². The van der Waals surface area contributed by atoms with Gasteiger partial charge in [-0.2, -0.15) is 0 Å². The van der Waals surface area contributed by atoms with Crippen LogP contribution in [0.2, 0.25) is 0 Å². The highest BCUT2D eigenvalue weighted by Crippen LogP contribution is 2.17. The molecule has 0 saturated carbocycles. The number of amides is 2. The quantitative estimate of drug-likeness (QED) is 0.691. The van der Waals surface area contributed by atoms with Crippen LogP contribution >= 0.6 is 15.9 Å². The number of hydrogen-bond donors (Lipinski definition) is 3. The van der Waals surface area contributed by atoms with Crippen molar-refractivity contribution in [2.45, 2.75) is 25.8 Å². The number of nitrogens with one attached hydrogen (secondary N) is 2. The van der Waals surface area contributed by atoms with Gasteiger partial charge in [0.15, 0.2) is 6.04 Å². The molecule has 1 aromatic carbocycles. The summed E-state index contributed by atoms with van der Waals surface area (Å²) >= 11 is 3.26. The molecule has 21 heavy (non-hydrogen) atoms. The molecule has 1 atom stereocenters. The number of benzene rings is 1. The van der Waals surface area contributed by atoms with Crippen molar-refractivity contribution in [3.8, 4) is 0 Å². The summed E-state index contributed by atoms with van der Waals surface area (Å²) in [6.07, 6.45) is 1.02. The molecule has 0 heterocycles. The van der Waals surface area contributed by atoms with Gasteiger partial charge in [-0.15, -0.1) is 0 Å². The van der Waals surface area contributed by atoms with Gasteiger partial charge in [0, 0.05) is 10.9 Å². The Bertz CT molecular complexity index is 516. The van der Waals surface area contributed by atoms with Crippen LogP contribution in [0.1, 0.15) is 31.4 Å². The smallest absolute Gasteiger partial charge is 0.330 e. The summed E-state index contributed by atoms with van der Waals surface area (Å²) in [5.74, 6) is -1.94. The molecule has 1 rings (SSSR count). The van der Waals surface area contributed by atoms with Gasteiger partial charge in [-0.25, -0.2) is 4.79 Å². The summed E-state index contributed by atoms with van der Waals surface area (Å²) in [5.41, 5.74) is 0.457. The maximum absolute atomic E-state index is 11.7. The zero-order chi connectivity index (χ0) is 15.8. The Morgan fingerprint density at radius 3 is 2.33 bits per heavy atom. The van der Waals surface area contributed by atoms with E-state index in [0.29, 0.717) is 18.4 Å². The second-order valence-corrected chi connectivity index (χ2v) is 5.33. The number of hydrogen-bond acceptors (Lipinski definition) is 3. The minimum Gasteiger partial charge on any atom is -0.479 e. The number of carbonyl (C=O) groups is 3. The number of rotatable bonds is 7. The molecule has 0 fully saturated rings. The third kappa shape index (κ3) is 5.95. The first-order valence-corrected chi connectivity index (χ1v) is 7.27. The van der Waals surface area contributed by atoms with Crippen LogP contribution in [0, 0.1) is 0 Å². The molecule has 1 aromatic rings. The normalized spacial score (nSPS) is 11.5. The van der Waals surface area contributed by atoms with Crippen molar-refractivity contribution in [1.29, 1.82) is 0 Å². The fourth-order valence-corrected chi connectivity index (χ4v) is 1.91. The van der Waals surface area contributed by atoms with E-state index in [1.54, 1.807) is 24.3 Å². The van der Waals surface area contributed by atoms with E-state index in [-0.39, 0.29) is 12.5 Å². The molecule has 114 valence electrons. The van der Waals surface area contributed by atoms with Crippen molar-refractivity contribution in [3.63, 3.8) is 0 Å². The Kier molecular flexibility index (Phi) is 6.87. The molecule has 7 heteroatoms. The molecule has 0 aromatic heterocycles. The number of halogens is 1. The number of aliphatic carboxylic acids is 1. The lowest BCUT2D eigenvalue weighted by molar-refractivity contribution is -0.141. The minimum atomic E-state index is -1.16. The molecule has 2 amide bonds. The summed E-state index contributed by atoms with van der Waals surface area (Å²) in [7, 11) is 0. The van der Waals surface area contributed by atoms with Crippen LogP contribution in [-0.2, 0) is 14.4 Å². The topological polar surface area (TPSA) is 95.5 Å². The molecule has 6 nitrogen and oxygen atoms in total. The SMILES string of the molecule is CCCC(=O)NCC(=O)NC(C(=O)O)c1ccc(Br)cc1.